The number of hydrogen-bond donors (Lipinski definition) is 2. The summed E-state index contributed by atoms with van der Waals surface area (Å²) in [6.45, 7) is 1.04. The van der Waals surface area contributed by atoms with Crippen LogP contribution in [0.2, 0.25) is 5.02 Å². The maximum absolute atomic E-state index is 6.01. The van der Waals surface area contributed by atoms with Gasteiger partial charge in [-0.2, -0.15) is 0 Å². The highest BCUT2D eigenvalue weighted by Crippen LogP contribution is 2.40. The van der Waals surface area contributed by atoms with Crippen LogP contribution in [0.4, 0.5) is 11.4 Å². The number of anilines is 2. The zero-order valence-electron chi connectivity index (χ0n) is 9.35. The highest BCUT2D eigenvalue weighted by Gasteiger charge is 2.35. The Morgan fingerprint density at radius 2 is 1.88 bits per heavy atom. The van der Waals surface area contributed by atoms with Gasteiger partial charge in [-0.15, -0.1) is 0 Å². The fraction of sp³-hybridized carbons (Fsp3) is 0.538. The molecule has 1 aromatic carbocycles. The van der Waals surface area contributed by atoms with E-state index in [0.717, 1.165) is 17.3 Å². The van der Waals surface area contributed by atoms with Crippen LogP contribution in [0, 0.1) is 0 Å². The summed E-state index contributed by atoms with van der Waals surface area (Å²) >= 11 is 6.01. The molecule has 1 fully saturated rings. The third kappa shape index (κ3) is 1.75. The molecule has 1 aromatic rings. The molecule has 0 unspecified atom stereocenters. The minimum absolute atomic E-state index is 0.339. The Bertz CT molecular complexity index is 397. The predicted octanol–water partition coefficient (Wildman–Crippen LogP) is 3.88. The molecule has 2 nitrogen and oxygen atoms in total. The van der Waals surface area contributed by atoms with Crippen LogP contribution in [0.25, 0.3) is 0 Å². The Morgan fingerprint density at radius 3 is 2.69 bits per heavy atom. The van der Waals surface area contributed by atoms with E-state index in [1.54, 1.807) is 0 Å². The van der Waals surface area contributed by atoms with Gasteiger partial charge in [0.2, 0.25) is 0 Å². The molecule has 0 atom stereocenters. The molecule has 1 spiro atoms. The van der Waals surface area contributed by atoms with Crippen molar-refractivity contribution in [3.63, 3.8) is 0 Å². The van der Waals surface area contributed by atoms with Gasteiger partial charge >= 0.3 is 0 Å². The second-order valence-electron chi connectivity index (χ2n) is 4.98. The Hall–Kier alpha value is -0.890. The monoisotopic (exact) mass is 236 g/mol. The van der Waals surface area contributed by atoms with Gasteiger partial charge in [0.05, 0.1) is 11.4 Å². The van der Waals surface area contributed by atoms with E-state index in [1.165, 1.54) is 37.8 Å². The van der Waals surface area contributed by atoms with E-state index >= 15 is 0 Å². The summed E-state index contributed by atoms with van der Waals surface area (Å²) in [5.74, 6) is 0. The highest BCUT2D eigenvalue weighted by atomic mass is 35.5. The molecule has 3 rings (SSSR count). The van der Waals surface area contributed by atoms with Gasteiger partial charge in [-0.3, -0.25) is 0 Å². The number of nitrogens with one attached hydrogen (secondary N) is 2. The number of hydrogen-bond acceptors (Lipinski definition) is 2. The average molecular weight is 237 g/mol. The molecular formula is C13H17ClN2. The van der Waals surface area contributed by atoms with E-state index in [4.69, 9.17) is 11.6 Å². The van der Waals surface area contributed by atoms with Crippen molar-refractivity contribution in [2.24, 2.45) is 0 Å². The molecule has 2 N–H and O–H groups in total. The van der Waals surface area contributed by atoms with Crippen molar-refractivity contribution < 1.29 is 0 Å². The summed E-state index contributed by atoms with van der Waals surface area (Å²) in [6.07, 6.45) is 6.53. The van der Waals surface area contributed by atoms with E-state index in [9.17, 15) is 0 Å². The van der Waals surface area contributed by atoms with E-state index in [1.807, 2.05) is 12.1 Å². The third-order valence-electron chi connectivity index (χ3n) is 3.86. The molecule has 0 bridgehead atoms. The van der Waals surface area contributed by atoms with Crippen LogP contribution in [-0.2, 0) is 0 Å². The molecule has 16 heavy (non-hydrogen) atoms. The van der Waals surface area contributed by atoms with Gasteiger partial charge in [0.15, 0.2) is 0 Å². The van der Waals surface area contributed by atoms with E-state index < -0.39 is 0 Å². The number of fused-ring (bicyclic) bond motifs is 1. The quantitative estimate of drug-likeness (QED) is 0.714. The molecule has 0 radical (unpaired) electrons. The second kappa shape index (κ2) is 3.85. The summed E-state index contributed by atoms with van der Waals surface area (Å²) in [5, 5.41) is 8.01. The zero-order chi connectivity index (χ0) is 11.0. The van der Waals surface area contributed by atoms with Crippen molar-refractivity contribution in [2.75, 3.05) is 17.2 Å². The predicted molar refractivity (Wildman–Crippen MR) is 69.4 cm³/mol. The van der Waals surface area contributed by atoms with E-state index in [-0.39, 0.29) is 0 Å². The van der Waals surface area contributed by atoms with Crippen LogP contribution in [0.5, 0.6) is 0 Å². The molecule has 86 valence electrons. The van der Waals surface area contributed by atoms with Gasteiger partial charge in [-0.05, 0) is 37.5 Å². The first-order valence-corrected chi connectivity index (χ1v) is 6.47. The molecule has 0 saturated heterocycles. The second-order valence-corrected chi connectivity index (χ2v) is 5.42. The molecule has 1 aliphatic carbocycles. The van der Waals surface area contributed by atoms with Crippen molar-refractivity contribution >= 4 is 23.0 Å². The van der Waals surface area contributed by atoms with Crippen LogP contribution in [0.15, 0.2) is 18.2 Å². The van der Waals surface area contributed by atoms with E-state index in [2.05, 4.69) is 16.7 Å². The highest BCUT2D eigenvalue weighted by molar-refractivity contribution is 6.31. The van der Waals surface area contributed by atoms with Crippen LogP contribution in [0.3, 0.4) is 0 Å². The van der Waals surface area contributed by atoms with Gasteiger partial charge in [0, 0.05) is 17.1 Å². The summed E-state index contributed by atoms with van der Waals surface area (Å²) in [7, 11) is 0. The van der Waals surface area contributed by atoms with Crippen molar-refractivity contribution in [3.05, 3.63) is 23.2 Å². The molecule has 2 aliphatic rings. The minimum Gasteiger partial charge on any atom is -0.383 e. The summed E-state index contributed by atoms with van der Waals surface area (Å²) < 4.78 is 0. The van der Waals surface area contributed by atoms with Gasteiger partial charge in [0.1, 0.15) is 0 Å². The molecule has 1 aliphatic heterocycles. The molecule has 3 heteroatoms. The van der Waals surface area contributed by atoms with Crippen molar-refractivity contribution in [3.8, 4) is 0 Å². The fourth-order valence-electron chi connectivity index (χ4n) is 2.98. The number of benzene rings is 1. The average Bonchev–Trinajstić information content (AvgIpc) is 2.62. The van der Waals surface area contributed by atoms with Gasteiger partial charge in [-0.1, -0.05) is 24.4 Å². The lowest BCUT2D eigenvalue weighted by Crippen LogP contribution is -2.35. The zero-order valence-corrected chi connectivity index (χ0v) is 10.1. The maximum Gasteiger partial charge on any atom is 0.0591 e. The normalized spacial score (nSPS) is 22.1. The molecular weight excluding hydrogens is 220 g/mol. The van der Waals surface area contributed by atoms with Gasteiger partial charge < -0.3 is 10.6 Å². The van der Waals surface area contributed by atoms with Crippen LogP contribution < -0.4 is 10.6 Å². The standard InChI is InChI=1S/C13H17ClN2/c14-10-3-4-11-12(9-10)15-8-7-13(16-11)5-1-2-6-13/h3-4,9,15-16H,1-2,5-8H2. The largest absolute Gasteiger partial charge is 0.383 e. The van der Waals surface area contributed by atoms with Gasteiger partial charge in [-0.25, -0.2) is 0 Å². The summed E-state index contributed by atoms with van der Waals surface area (Å²) in [4.78, 5) is 0. The Morgan fingerprint density at radius 1 is 1.06 bits per heavy atom. The summed E-state index contributed by atoms with van der Waals surface area (Å²) in [5.41, 5.74) is 2.70. The Kier molecular flexibility index (Phi) is 2.47. The summed E-state index contributed by atoms with van der Waals surface area (Å²) in [6, 6.07) is 6.07. The molecule has 0 amide bonds. The number of rotatable bonds is 0. The maximum atomic E-state index is 6.01. The lowest BCUT2D eigenvalue weighted by molar-refractivity contribution is 0.461. The first-order chi connectivity index (χ1) is 7.77. The van der Waals surface area contributed by atoms with E-state index in [0.29, 0.717) is 5.54 Å². The van der Waals surface area contributed by atoms with Crippen molar-refractivity contribution in [1.82, 2.24) is 0 Å². The first kappa shape index (κ1) is 10.3. The SMILES string of the molecule is Clc1ccc2c(c1)NCCC1(CCCC1)N2. The minimum atomic E-state index is 0.339. The Balaban J connectivity index is 1.94. The topological polar surface area (TPSA) is 24.1 Å². The Labute approximate surface area is 101 Å². The molecule has 1 heterocycles. The van der Waals surface area contributed by atoms with Crippen molar-refractivity contribution in [1.29, 1.82) is 0 Å². The number of halogens is 1. The molecule has 1 saturated carbocycles. The fourth-order valence-corrected chi connectivity index (χ4v) is 3.16. The lowest BCUT2D eigenvalue weighted by Gasteiger charge is -2.29. The first-order valence-electron chi connectivity index (χ1n) is 6.09. The molecule has 0 aromatic heterocycles. The smallest absolute Gasteiger partial charge is 0.0591 e. The third-order valence-corrected chi connectivity index (χ3v) is 4.10. The van der Waals surface area contributed by atoms with Crippen LogP contribution >= 0.6 is 11.6 Å². The van der Waals surface area contributed by atoms with Crippen molar-refractivity contribution in [2.45, 2.75) is 37.6 Å². The lowest BCUT2D eigenvalue weighted by atomic mass is 9.93. The van der Waals surface area contributed by atoms with Crippen LogP contribution in [-0.4, -0.2) is 12.1 Å². The van der Waals surface area contributed by atoms with Crippen LogP contribution in [0.1, 0.15) is 32.1 Å². The van der Waals surface area contributed by atoms with Gasteiger partial charge in [0.25, 0.3) is 0 Å².